The van der Waals surface area contributed by atoms with Gasteiger partial charge in [-0.05, 0) is 0 Å². The SMILES string of the molecule is ClCCOCCSc1ncn[nH]1. The minimum atomic E-state index is 0.549. The highest BCUT2D eigenvalue weighted by Crippen LogP contribution is 2.09. The number of aromatic nitrogens is 3. The van der Waals surface area contributed by atoms with Crippen molar-refractivity contribution in [1.82, 2.24) is 15.2 Å². The van der Waals surface area contributed by atoms with Gasteiger partial charge in [0.1, 0.15) is 6.33 Å². The van der Waals surface area contributed by atoms with Crippen LogP contribution in [0.5, 0.6) is 0 Å². The Bertz CT molecular complexity index is 195. The molecule has 0 saturated heterocycles. The van der Waals surface area contributed by atoms with E-state index in [9.17, 15) is 0 Å². The molecule has 0 unspecified atom stereocenters. The molecule has 1 N–H and O–H groups in total. The van der Waals surface area contributed by atoms with Crippen LogP contribution in [0.2, 0.25) is 0 Å². The summed E-state index contributed by atoms with van der Waals surface area (Å²) < 4.78 is 5.17. The topological polar surface area (TPSA) is 50.8 Å². The van der Waals surface area contributed by atoms with Crippen molar-refractivity contribution in [3.05, 3.63) is 6.33 Å². The molecule has 0 bridgehead atoms. The first kappa shape index (κ1) is 9.83. The van der Waals surface area contributed by atoms with Crippen LogP contribution in [-0.4, -0.2) is 40.0 Å². The lowest BCUT2D eigenvalue weighted by Gasteiger charge is -1.98. The molecule has 1 aromatic heterocycles. The molecule has 6 heteroatoms. The lowest BCUT2D eigenvalue weighted by Crippen LogP contribution is -1.99. The third-order valence-electron chi connectivity index (χ3n) is 1.08. The number of halogens is 1. The van der Waals surface area contributed by atoms with E-state index < -0.39 is 0 Å². The Kier molecular flexibility index (Phi) is 5.14. The Balaban J connectivity index is 1.96. The number of nitrogens with zero attached hydrogens (tertiary/aromatic N) is 2. The number of aromatic amines is 1. The average molecular weight is 208 g/mol. The van der Waals surface area contributed by atoms with Crippen molar-refractivity contribution in [3.8, 4) is 0 Å². The van der Waals surface area contributed by atoms with Gasteiger partial charge in [-0.3, -0.25) is 5.10 Å². The Morgan fingerprint density at radius 1 is 1.58 bits per heavy atom. The summed E-state index contributed by atoms with van der Waals surface area (Å²) in [6.07, 6.45) is 1.49. The molecular weight excluding hydrogens is 198 g/mol. The number of alkyl halides is 1. The van der Waals surface area contributed by atoms with Crippen molar-refractivity contribution in [3.63, 3.8) is 0 Å². The number of rotatable bonds is 6. The number of nitrogens with one attached hydrogen (secondary N) is 1. The largest absolute Gasteiger partial charge is 0.379 e. The fraction of sp³-hybridized carbons (Fsp3) is 0.667. The predicted octanol–water partition coefficient (Wildman–Crippen LogP) is 1.15. The number of hydrogen-bond donors (Lipinski definition) is 1. The third-order valence-corrected chi connectivity index (χ3v) is 2.08. The van der Waals surface area contributed by atoms with Crippen LogP contribution in [-0.2, 0) is 4.74 Å². The molecular formula is C6H10ClN3OS. The maximum absolute atomic E-state index is 5.42. The van der Waals surface area contributed by atoms with Gasteiger partial charge in [-0.15, -0.1) is 11.6 Å². The fourth-order valence-corrected chi connectivity index (χ4v) is 1.36. The number of hydrogen-bond acceptors (Lipinski definition) is 4. The first-order chi connectivity index (χ1) is 5.93. The Hall–Kier alpha value is -0.260. The van der Waals surface area contributed by atoms with Crippen molar-refractivity contribution in [2.75, 3.05) is 24.8 Å². The molecule has 68 valence electrons. The number of H-pyrrole nitrogens is 1. The van der Waals surface area contributed by atoms with Crippen LogP contribution < -0.4 is 0 Å². The van der Waals surface area contributed by atoms with Gasteiger partial charge < -0.3 is 4.74 Å². The van der Waals surface area contributed by atoms with E-state index in [2.05, 4.69) is 15.2 Å². The van der Waals surface area contributed by atoms with Gasteiger partial charge in [0.05, 0.1) is 13.2 Å². The van der Waals surface area contributed by atoms with E-state index in [0.29, 0.717) is 19.1 Å². The van der Waals surface area contributed by atoms with E-state index in [1.807, 2.05) is 0 Å². The quantitative estimate of drug-likeness (QED) is 0.432. The molecule has 0 aliphatic carbocycles. The minimum Gasteiger partial charge on any atom is -0.379 e. The zero-order valence-corrected chi connectivity index (χ0v) is 8.07. The molecule has 1 rings (SSSR count). The second-order valence-corrected chi connectivity index (χ2v) is 3.40. The van der Waals surface area contributed by atoms with Gasteiger partial charge in [-0.1, -0.05) is 11.8 Å². The molecule has 0 saturated carbocycles. The van der Waals surface area contributed by atoms with Gasteiger partial charge in [0.15, 0.2) is 5.16 Å². The van der Waals surface area contributed by atoms with Crippen LogP contribution in [0.15, 0.2) is 11.5 Å². The molecule has 4 nitrogen and oxygen atoms in total. The molecule has 0 spiro atoms. The van der Waals surface area contributed by atoms with Crippen LogP contribution in [0.3, 0.4) is 0 Å². The van der Waals surface area contributed by atoms with E-state index in [1.54, 1.807) is 11.8 Å². The second kappa shape index (κ2) is 6.28. The Morgan fingerprint density at radius 2 is 2.50 bits per heavy atom. The summed E-state index contributed by atoms with van der Waals surface area (Å²) in [4.78, 5) is 3.95. The average Bonchev–Trinajstić information content (AvgIpc) is 2.57. The zero-order valence-electron chi connectivity index (χ0n) is 6.49. The monoisotopic (exact) mass is 207 g/mol. The van der Waals surface area contributed by atoms with Crippen LogP contribution >= 0.6 is 23.4 Å². The van der Waals surface area contributed by atoms with Crippen molar-refractivity contribution in [2.45, 2.75) is 5.16 Å². The summed E-state index contributed by atoms with van der Waals surface area (Å²) in [5.41, 5.74) is 0. The van der Waals surface area contributed by atoms with E-state index in [-0.39, 0.29) is 0 Å². The van der Waals surface area contributed by atoms with Crippen molar-refractivity contribution >= 4 is 23.4 Å². The van der Waals surface area contributed by atoms with E-state index in [4.69, 9.17) is 16.3 Å². The normalized spacial score (nSPS) is 10.4. The first-order valence-corrected chi connectivity index (χ1v) is 5.07. The highest BCUT2D eigenvalue weighted by atomic mass is 35.5. The maximum Gasteiger partial charge on any atom is 0.183 e. The molecule has 1 heterocycles. The summed E-state index contributed by atoms with van der Waals surface area (Å²) in [6.45, 7) is 1.30. The summed E-state index contributed by atoms with van der Waals surface area (Å²) >= 11 is 7.00. The molecule has 0 radical (unpaired) electrons. The standard InChI is InChI=1S/C6H10ClN3OS/c7-1-2-11-3-4-12-6-8-5-9-10-6/h5H,1-4H2,(H,8,9,10). The fourth-order valence-electron chi connectivity index (χ4n) is 0.618. The zero-order chi connectivity index (χ0) is 8.65. The van der Waals surface area contributed by atoms with Crippen molar-refractivity contribution in [2.24, 2.45) is 0 Å². The highest BCUT2D eigenvalue weighted by molar-refractivity contribution is 7.99. The van der Waals surface area contributed by atoms with Crippen LogP contribution in [0, 0.1) is 0 Å². The van der Waals surface area contributed by atoms with Crippen LogP contribution in [0.4, 0.5) is 0 Å². The summed E-state index contributed by atoms with van der Waals surface area (Å²) in [5, 5.41) is 7.29. The lowest BCUT2D eigenvalue weighted by molar-refractivity contribution is 0.166. The highest BCUT2D eigenvalue weighted by Gasteiger charge is 1.95. The smallest absolute Gasteiger partial charge is 0.183 e. The molecule has 0 aliphatic heterocycles. The molecule has 0 amide bonds. The first-order valence-electron chi connectivity index (χ1n) is 3.55. The van der Waals surface area contributed by atoms with Gasteiger partial charge >= 0.3 is 0 Å². The van der Waals surface area contributed by atoms with E-state index in [1.165, 1.54) is 6.33 Å². The molecule has 0 aliphatic rings. The number of thioether (sulfide) groups is 1. The molecule has 12 heavy (non-hydrogen) atoms. The van der Waals surface area contributed by atoms with E-state index in [0.717, 1.165) is 10.9 Å². The number of ether oxygens (including phenoxy) is 1. The van der Waals surface area contributed by atoms with Gasteiger partial charge in [-0.2, -0.15) is 5.10 Å². The van der Waals surface area contributed by atoms with Gasteiger partial charge in [0, 0.05) is 11.6 Å². The molecule has 0 aromatic carbocycles. The molecule has 0 atom stereocenters. The van der Waals surface area contributed by atoms with Crippen molar-refractivity contribution < 1.29 is 4.74 Å². The van der Waals surface area contributed by atoms with Gasteiger partial charge in [0.25, 0.3) is 0 Å². The summed E-state index contributed by atoms with van der Waals surface area (Å²) in [6, 6.07) is 0. The molecule has 1 aromatic rings. The van der Waals surface area contributed by atoms with Gasteiger partial charge in [0.2, 0.25) is 0 Å². The Morgan fingerprint density at radius 3 is 3.17 bits per heavy atom. The maximum atomic E-state index is 5.42. The van der Waals surface area contributed by atoms with E-state index >= 15 is 0 Å². The van der Waals surface area contributed by atoms with Crippen LogP contribution in [0.1, 0.15) is 0 Å². The molecule has 0 fully saturated rings. The minimum absolute atomic E-state index is 0.549. The van der Waals surface area contributed by atoms with Crippen molar-refractivity contribution in [1.29, 1.82) is 0 Å². The lowest BCUT2D eigenvalue weighted by atomic mass is 10.8. The second-order valence-electron chi connectivity index (χ2n) is 1.94. The summed E-state index contributed by atoms with van der Waals surface area (Å²) in [7, 11) is 0. The Labute approximate surface area is 80.0 Å². The third kappa shape index (κ3) is 3.94. The summed E-state index contributed by atoms with van der Waals surface area (Å²) in [5.74, 6) is 1.42. The predicted molar refractivity (Wildman–Crippen MR) is 48.6 cm³/mol. The van der Waals surface area contributed by atoms with Crippen LogP contribution in [0.25, 0.3) is 0 Å². The van der Waals surface area contributed by atoms with Gasteiger partial charge in [-0.25, -0.2) is 4.98 Å².